The van der Waals surface area contributed by atoms with Crippen LogP contribution in [0.5, 0.6) is 0 Å². The highest BCUT2D eigenvalue weighted by atomic mass is 32.2. The minimum absolute atomic E-state index is 0.0569. The van der Waals surface area contributed by atoms with Crippen molar-refractivity contribution >= 4 is 15.9 Å². The largest absolute Gasteiger partial charge is 0.377 e. The number of carbonyl (C=O) groups is 1. The number of ether oxygens (including phenoxy) is 1. The number of hydrogen-bond donors (Lipinski definition) is 3. The fourth-order valence-corrected chi connectivity index (χ4v) is 3.71. The summed E-state index contributed by atoms with van der Waals surface area (Å²) in [6, 6.07) is 6.11. The highest BCUT2D eigenvalue weighted by molar-refractivity contribution is 7.89. The van der Waals surface area contributed by atoms with Gasteiger partial charge in [-0.1, -0.05) is 6.92 Å². The van der Waals surface area contributed by atoms with E-state index in [-0.39, 0.29) is 29.5 Å². The molecule has 1 heterocycles. The molecule has 8 heteroatoms. The molecule has 2 atom stereocenters. The molecule has 1 unspecified atom stereocenters. The van der Waals surface area contributed by atoms with Gasteiger partial charge in [-0.15, -0.1) is 0 Å². The maximum absolute atomic E-state index is 12.3. The van der Waals surface area contributed by atoms with Gasteiger partial charge < -0.3 is 15.4 Å². The predicted molar refractivity (Wildman–Crippen MR) is 96.1 cm³/mol. The average molecular weight is 369 g/mol. The molecule has 0 spiro atoms. The third kappa shape index (κ3) is 6.07. The molecule has 25 heavy (non-hydrogen) atoms. The third-order valence-corrected chi connectivity index (χ3v) is 5.51. The number of sulfonamides is 1. The van der Waals surface area contributed by atoms with Gasteiger partial charge in [-0.05, 0) is 50.6 Å². The maximum Gasteiger partial charge on any atom is 0.251 e. The molecule has 1 saturated heterocycles. The third-order valence-electron chi connectivity index (χ3n) is 4.07. The van der Waals surface area contributed by atoms with Gasteiger partial charge in [-0.2, -0.15) is 0 Å². The second-order valence-corrected chi connectivity index (χ2v) is 7.95. The van der Waals surface area contributed by atoms with E-state index < -0.39 is 10.0 Å². The molecule has 1 aliphatic heterocycles. The van der Waals surface area contributed by atoms with Gasteiger partial charge in [0.1, 0.15) is 0 Å². The van der Waals surface area contributed by atoms with E-state index in [1.807, 2.05) is 13.8 Å². The topological polar surface area (TPSA) is 96.5 Å². The van der Waals surface area contributed by atoms with E-state index in [0.717, 1.165) is 19.4 Å². The van der Waals surface area contributed by atoms with E-state index in [1.165, 1.54) is 24.3 Å². The summed E-state index contributed by atoms with van der Waals surface area (Å²) >= 11 is 0. The summed E-state index contributed by atoms with van der Waals surface area (Å²) in [4.78, 5) is 12.2. The second kappa shape index (κ2) is 9.28. The van der Waals surface area contributed by atoms with Crippen LogP contribution in [0.2, 0.25) is 0 Å². The van der Waals surface area contributed by atoms with Crippen molar-refractivity contribution in [2.45, 2.75) is 43.7 Å². The van der Waals surface area contributed by atoms with E-state index in [9.17, 15) is 13.2 Å². The van der Waals surface area contributed by atoms with Crippen LogP contribution in [0, 0.1) is 0 Å². The lowest BCUT2D eigenvalue weighted by atomic mass is 10.2. The van der Waals surface area contributed by atoms with Gasteiger partial charge in [0.25, 0.3) is 5.91 Å². The van der Waals surface area contributed by atoms with Crippen LogP contribution in [0.25, 0.3) is 0 Å². The van der Waals surface area contributed by atoms with Crippen molar-refractivity contribution in [3.63, 3.8) is 0 Å². The Labute approximate surface area is 149 Å². The van der Waals surface area contributed by atoms with E-state index in [1.54, 1.807) is 0 Å². The Morgan fingerprint density at radius 1 is 1.32 bits per heavy atom. The lowest BCUT2D eigenvalue weighted by Crippen LogP contribution is -2.38. The van der Waals surface area contributed by atoms with Gasteiger partial charge in [0.15, 0.2) is 0 Å². The highest BCUT2D eigenvalue weighted by Gasteiger charge is 2.20. The standard InChI is InChI=1S/C17H27N3O4S/c1-3-18-13(2)11-19-17(21)14-6-8-16(9-7-14)25(22,23)20-12-15-5-4-10-24-15/h6-9,13,15,18,20H,3-5,10-12H2,1-2H3,(H,19,21)/t13-,15?/m1/s1. The predicted octanol–water partition coefficient (Wildman–Crippen LogP) is 0.872. The molecule has 140 valence electrons. The molecule has 1 aromatic carbocycles. The molecule has 0 saturated carbocycles. The zero-order chi connectivity index (χ0) is 18.3. The Morgan fingerprint density at radius 3 is 2.64 bits per heavy atom. The fourth-order valence-electron chi connectivity index (χ4n) is 2.65. The Morgan fingerprint density at radius 2 is 2.04 bits per heavy atom. The first kappa shape index (κ1) is 19.8. The van der Waals surface area contributed by atoms with Crippen LogP contribution in [0.3, 0.4) is 0 Å². The molecule has 1 aromatic rings. The quantitative estimate of drug-likeness (QED) is 0.600. The van der Waals surface area contributed by atoms with Crippen LogP contribution < -0.4 is 15.4 Å². The summed E-state index contributed by atoms with van der Waals surface area (Å²) in [7, 11) is -3.59. The lowest BCUT2D eigenvalue weighted by Gasteiger charge is -2.14. The molecular formula is C17H27N3O4S. The van der Waals surface area contributed by atoms with Crippen molar-refractivity contribution < 1.29 is 17.9 Å². The monoisotopic (exact) mass is 369 g/mol. The van der Waals surface area contributed by atoms with Crippen LogP contribution in [0.1, 0.15) is 37.0 Å². The summed E-state index contributed by atoms with van der Waals surface area (Å²) in [5.41, 5.74) is 0.432. The minimum atomic E-state index is -3.59. The molecule has 3 N–H and O–H groups in total. The van der Waals surface area contributed by atoms with E-state index in [2.05, 4.69) is 15.4 Å². The molecule has 1 amide bonds. The first-order valence-corrected chi connectivity index (χ1v) is 10.1. The molecule has 0 aliphatic carbocycles. The number of rotatable bonds is 9. The van der Waals surface area contributed by atoms with Crippen LogP contribution in [0.15, 0.2) is 29.2 Å². The number of benzene rings is 1. The van der Waals surface area contributed by atoms with E-state index >= 15 is 0 Å². The number of carbonyl (C=O) groups excluding carboxylic acids is 1. The Kier molecular flexibility index (Phi) is 7.37. The van der Waals surface area contributed by atoms with Crippen molar-refractivity contribution in [1.82, 2.24) is 15.4 Å². The minimum Gasteiger partial charge on any atom is -0.377 e. The number of amides is 1. The van der Waals surface area contributed by atoms with Crippen molar-refractivity contribution in [2.24, 2.45) is 0 Å². The zero-order valence-electron chi connectivity index (χ0n) is 14.7. The van der Waals surface area contributed by atoms with Crippen molar-refractivity contribution in [1.29, 1.82) is 0 Å². The van der Waals surface area contributed by atoms with Crippen molar-refractivity contribution in [2.75, 3.05) is 26.2 Å². The van der Waals surface area contributed by atoms with Crippen LogP contribution >= 0.6 is 0 Å². The molecule has 7 nitrogen and oxygen atoms in total. The SMILES string of the molecule is CCN[C@H](C)CNC(=O)c1ccc(S(=O)(=O)NCC2CCCO2)cc1. The van der Waals surface area contributed by atoms with Crippen molar-refractivity contribution in [3.8, 4) is 0 Å². The van der Waals surface area contributed by atoms with Gasteiger partial charge in [0.2, 0.25) is 10.0 Å². The molecule has 2 rings (SSSR count). The van der Waals surface area contributed by atoms with Crippen molar-refractivity contribution in [3.05, 3.63) is 29.8 Å². The smallest absolute Gasteiger partial charge is 0.251 e. The van der Waals surface area contributed by atoms with Gasteiger partial charge >= 0.3 is 0 Å². The summed E-state index contributed by atoms with van der Waals surface area (Å²) in [5, 5.41) is 6.03. The Hall–Kier alpha value is -1.48. The van der Waals surface area contributed by atoms with Crippen LogP contribution in [0.4, 0.5) is 0 Å². The first-order valence-electron chi connectivity index (χ1n) is 8.65. The van der Waals surface area contributed by atoms with E-state index in [0.29, 0.717) is 18.7 Å². The molecular weight excluding hydrogens is 342 g/mol. The first-order chi connectivity index (χ1) is 11.9. The number of hydrogen-bond acceptors (Lipinski definition) is 5. The molecule has 0 aromatic heterocycles. The molecule has 1 aliphatic rings. The zero-order valence-corrected chi connectivity index (χ0v) is 15.6. The van der Waals surface area contributed by atoms with Crippen LogP contribution in [-0.2, 0) is 14.8 Å². The summed E-state index contributed by atoms with van der Waals surface area (Å²) in [6.07, 6.45) is 1.77. The lowest BCUT2D eigenvalue weighted by molar-refractivity contribution is 0.0950. The maximum atomic E-state index is 12.3. The number of likely N-dealkylation sites (N-methyl/N-ethyl adjacent to an activating group) is 1. The number of nitrogens with one attached hydrogen (secondary N) is 3. The van der Waals surface area contributed by atoms with E-state index in [4.69, 9.17) is 4.74 Å². The normalized spacial score (nSPS) is 18.9. The average Bonchev–Trinajstić information content (AvgIpc) is 3.12. The summed E-state index contributed by atoms with van der Waals surface area (Å²) in [6.45, 7) is 6.29. The molecule has 0 radical (unpaired) electrons. The fraction of sp³-hybridized carbons (Fsp3) is 0.588. The van der Waals surface area contributed by atoms with Gasteiger partial charge in [0.05, 0.1) is 11.0 Å². The van der Waals surface area contributed by atoms with Crippen LogP contribution in [-0.4, -0.2) is 52.7 Å². The summed E-state index contributed by atoms with van der Waals surface area (Å²) in [5.74, 6) is -0.221. The van der Waals surface area contributed by atoms with Gasteiger partial charge in [-0.3, -0.25) is 4.79 Å². The molecule has 1 fully saturated rings. The van der Waals surface area contributed by atoms with Gasteiger partial charge in [0, 0.05) is 31.3 Å². The van der Waals surface area contributed by atoms with Gasteiger partial charge in [-0.25, -0.2) is 13.1 Å². The Balaban J connectivity index is 1.90. The second-order valence-electron chi connectivity index (χ2n) is 6.18. The highest BCUT2D eigenvalue weighted by Crippen LogP contribution is 2.14. The summed E-state index contributed by atoms with van der Waals surface area (Å²) < 4.78 is 32.5. The Bertz CT molecular complexity index is 655. The molecule has 0 bridgehead atoms.